The van der Waals surface area contributed by atoms with Gasteiger partial charge in [0.1, 0.15) is 23.9 Å². The van der Waals surface area contributed by atoms with Crippen LogP contribution in [0.4, 0.5) is 11.6 Å². The molecule has 0 radical (unpaired) electrons. The van der Waals surface area contributed by atoms with Crippen LogP contribution in [0.2, 0.25) is 5.02 Å². The van der Waals surface area contributed by atoms with Crippen LogP contribution in [-0.2, 0) is 16.0 Å². The van der Waals surface area contributed by atoms with E-state index in [-0.39, 0.29) is 11.5 Å². The Labute approximate surface area is 286 Å². The number of morpholine rings is 1. The molecule has 1 aliphatic carbocycles. The van der Waals surface area contributed by atoms with Gasteiger partial charge in [0, 0.05) is 49.6 Å². The van der Waals surface area contributed by atoms with E-state index in [0.29, 0.717) is 54.4 Å². The monoisotopic (exact) mass is 680 g/mol. The average molecular weight is 681 g/mol. The average Bonchev–Trinajstić information content (AvgIpc) is 3.76. The summed E-state index contributed by atoms with van der Waals surface area (Å²) in [5.41, 5.74) is 2.24. The van der Waals surface area contributed by atoms with Crippen molar-refractivity contribution in [2.24, 2.45) is 5.41 Å². The summed E-state index contributed by atoms with van der Waals surface area (Å²) >= 11 is 6.47. The molecule has 2 fully saturated rings. The minimum Gasteiger partial charge on any atom is -0.487 e. The molecular weight excluding hydrogens is 636 g/mol. The number of tetrazole rings is 1. The summed E-state index contributed by atoms with van der Waals surface area (Å²) in [6.07, 6.45) is 11.3. The molecule has 15 heteroatoms. The van der Waals surface area contributed by atoms with Gasteiger partial charge in [0.2, 0.25) is 5.95 Å². The van der Waals surface area contributed by atoms with Gasteiger partial charge in [0.25, 0.3) is 5.88 Å². The van der Waals surface area contributed by atoms with Crippen molar-refractivity contribution in [1.82, 2.24) is 44.9 Å². The number of anilines is 2. The van der Waals surface area contributed by atoms with E-state index in [0.717, 1.165) is 68.8 Å². The number of rotatable bonds is 14. The molecule has 0 amide bonds. The maximum atomic E-state index is 6.47. The van der Waals surface area contributed by atoms with Gasteiger partial charge in [-0.25, -0.2) is 14.6 Å². The molecule has 0 unspecified atom stereocenters. The summed E-state index contributed by atoms with van der Waals surface area (Å²) in [5, 5.41) is 20.0. The van der Waals surface area contributed by atoms with Crippen molar-refractivity contribution in [1.29, 1.82) is 0 Å². The molecule has 1 atom stereocenters. The summed E-state index contributed by atoms with van der Waals surface area (Å²) in [7, 11) is 1.70. The fourth-order valence-corrected chi connectivity index (χ4v) is 6.46. The number of hydrogen-bond acceptors (Lipinski definition) is 12. The van der Waals surface area contributed by atoms with Gasteiger partial charge in [-0.3, -0.25) is 9.58 Å². The van der Waals surface area contributed by atoms with Crippen molar-refractivity contribution in [3.8, 4) is 22.8 Å². The molecule has 3 aromatic heterocycles. The first-order valence-corrected chi connectivity index (χ1v) is 16.9. The highest BCUT2D eigenvalue weighted by atomic mass is 35.5. The summed E-state index contributed by atoms with van der Waals surface area (Å²) in [6.45, 7) is 11.4. The highest BCUT2D eigenvalue weighted by Gasteiger charge is 2.29. The minimum atomic E-state index is -0.207. The second-order valence-corrected chi connectivity index (χ2v) is 13.8. The van der Waals surface area contributed by atoms with E-state index in [1.807, 2.05) is 25.3 Å². The number of methoxy groups -OCH3 is 1. The van der Waals surface area contributed by atoms with Crippen molar-refractivity contribution in [3.05, 3.63) is 48.1 Å². The van der Waals surface area contributed by atoms with Crippen LogP contribution < -0.4 is 14.8 Å². The third-order valence-electron chi connectivity index (χ3n) is 8.76. The van der Waals surface area contributed by atoms with Gasteiger partial charge in [-0.1, -0.05) is 31.5 Å². The van der Waals surface area contributed by atoms with Crippen LogP contribution in [-0.4, -0.2) is 104 Å². The lowest BCUT2D eigenvalue weighted by Crippen LogP contribution is -2.45. The van der Waals surface area contributed by atoms with Crippen LogP contribution >= 0.6 is 11.6 Å². The van der Waals surface area contributed by atoms with E-state index in [2.05, 4.69) is 54.2 Å². The zero-order valence-electron chi connectivity index (χ0n) is 28.1. The summed E-state index contributed by atoms with van der Waals surface area (Å²) in [6, 6.07) is 6.51. The third kappa shape index (κ3) is 8.78. The van der Waals surface area contributed by atoms with Crippen LogP contribution in [0.1, 0.15) is 52.5 Å². The number of halogens is 1. The number of benzene rings is 1. The molecule has 1 saturated carbocycles. The van der Waals surface area contributed by atoms with Crippen molar-refractivity contribution in [2.45, 2.75) is 71.2 Å². The molecule has 4 heterocycles. The van der Waals surface area contributed by atoms with Crippen LogP contribution in [0.5, 0.6) is 11.6 Å². The molecule has 4 aromatic rings. The van der Waals surface area contributed by atoms with Crippen LogP contribution in [0.3, 0.4) is 0 Å². The number of ether oxygens (including phenoxy) is 4. The number of aromatic nitrogens is 8. The maximum absolute atomic E-state index is 6.47. The smallest absolute Gasteiger partial charge is 0.256 e. The van der Waals surface area contributed by atoms with Crippen molar-refractivity contribution in [3.63, 3.8) is 0 Å². The van der Waals surface area contributed by atoms with E-state index in [4.69, 9.17) is 35.6 Å². The molecular formula is C33H45ClN10O4. The summed E-state index contributed by atoms with van der Waals surface area (Å²) in [4.78, 5) is 11.8. The third-order valence-corrected chi connectivity index (χ3v) is 9.07. The maximum Gasteiger partial charge on any atom is 0.256 e. The molecule has 1 N–H and O–H groups in total. The number of nitrogens with zero attached hydrogens (tertiary/aromatic N) is 9. The molecule has 258 valence electrons. The second-order valence-electron chi connectivity index (χ2n) is 13.4. The molecule has 1 aliphatic heterocycles. The predicted octanol–water partition coefficient (Wildman–Crippen LogP) is 5.06. The lowest BCUT2D eigenvalue weighted by Gasteiger charge is -2.38. The van der Waals surface area contributed by atoms with Gasteiger partial charge in [-0.05, 0) is 60.7 Å². The molecule has 14 nitrogen and oxygen atoms in total. The second kappa shape index (κ2) is 15.6. The predicted molar refractivity (Wildman–Crippen MR) is 181 cm³/mol. The van der Waals surface area contributed by atoms with Gasteiger partial charge < -0.3 is 24.3 Å². The lowest BCUT2D eigenvalue weighted by atomic mass is 9.90. The van der Waals surface area contributed by atoms with Crippen molar-refractivity contribution >= 4 is 23.2 Å². The highest BCUT2D eigenvalue weighted by Crippen LogP contribution is 2.36. The Morgan fingerprint density at radius 3 is 2.50 bits per heavy atom. The standard InChI is InChI=1S/C33H45ClN10O4/c1-23(18-43-22-37-40-41-43)48-30-15-24(5-10-28(30)34)25-16-35-32(36-17-25)38-29-19-44(39-31(29)47-21-33(2,3)20-45-4)27-8-6-26(7-9-27)42-11-13-46-14-12-42/h5,10,15-17,19,22-23,26-27H,6-9,11-14,18,20-21H2,1-4H3,(H,35,36,38)/t23-,26?,27?/m0/s1. The first kappa shape index (κ1) is 34.0. The zero-order valence-corrected chi connectivity index (χ0v) is 28.8. The van der Waals surface area contributed by atoms with Crippen LogP contribution in [0, 0.1) is 5.41 Å². The Kier molecular flexibility index (Phi) is 11.0. The van der Waals surface area contributed by atoms with Crippen LogP contribution in [0.15, 0.2) is 43.1 Å². The van der Waals surface area contributed by atoms with Gasteiger partial charge in [-0.15, -0.1) is 10.2 Å². The van der Waals surface area contributed by atoms with E-state index >= 15 is 0 Å². The Balaban J connectivity index is 1.14. The van der Waals surface area contributed by atoms with E-state index < -0.39 is 0 Å². The van der Waals surface area contributed by atoms with Crippen LogP contribution in [0.25, 0.3) is 11.1 Å². The molecule has 6 rings (SSSR count). The molecule has 0 spiro atoms. The van der Waals surface area contributed by atoms with E-state index in [1.165, 1.54) is 0 Å². The van der Waals surface area contributed by atoms with E-state index in [1.54, 1.807) is 36.6 Å². The first-order valence-electron chi connectivity index (χ1n) is 16.6. The fourth-order valence-electron chi connectivity index (χ4n) is 6.30. The summed E-state index contributed by atoms with van der Waals surface area (Å²) < 4.78 is 27.0. The molecule has 2 aliphatic rings. The van der Waals surface area contributed by atoms with Gasteiger partial charge in [0.05, 0.1) is 50.2 Å². The zero-order chi connectivity index (χ0) is 33.5. The van der Waals surface area contributed by atoms with Crippen molar-refractivity contribution < 1.29 is 18.9 Å². The van der Waals surface area contributed by atoms with Gasteiger partial charge in [0.15, 0.2) is 0 Å². The topological polar surface area (TPSA) is 139 Å². The first-order chi connectivity index (χ1) is 23.3. The Morgan fingerprint density at radius 2 is 1.79 bits per heavy atom. The van der Waals surface area contributed by atoms with Gasteiger partial charge in [-0.2, -0.15) is 0 Å². The SMILES string of the molecule is COCC(C)(C)COc1nn(C2CCC(N3CCOCC3)CC2)cc1Nc1ncc(-c2ccc(Cl)c(O[C@@H](C)Cn3cnnn3)c2)cn1. The van der Waals surface area contributed by atoms with E-state index in [9.17, 15) is 0 Å². The Hall–Kier alpha value is -3.85. The molecule has 1 aromatic carbocycles. The number of nitrogens with one attached hydrogen (secondary N) is 1. The Morgan fingerprint density at radius 1 is 1.04 bits per heavy atom. The minimum absolute atomic E-state index is 0.184. The lowest BCUT2D eigenvalue weighted by molar-refractivity contribution is 0.00499. The molecule has 0 bridgehead atoms. The normalized spacial score (nSPS) is 19.6. The fraction of sp³-hybridized carbons (Fsp3) is 0.576. The summed E-state index contributed by atoms with van der Waals surface area (Å²) in [5.74, 6) is 1.52. The largest absolute Gasteiger partial charge is 0.487 e. The molecule has 1 saturated heterocycles. The highest BCUT2D eigenvalue weighted by molar-refractivity contribution is 6.32. The number of hydrogen-bond donors (Lipinski definition) is 1. The van der Waals surface area contributed by atoms with Crippen molar-refractivity contribution in [2.75, 3.05) is 51.9 Å². The van der Waals surface area contributed by atoms with Gasteiger partial charge >= 0.3 is 0 Å². The molecule has 48 heavy (non-hydrogen) atoms. The quantitative estimate of drug-likeness (QED) is 0.190. The Bertz CT molecular complexity index is 1590.